The lowest BCUT2D eigenvalue weighted by Gasteiger charge is -2.17. The van der Waals surface area contributed by atoms with Crippen LogP contribution in [0.3, 0.4) is 0 Å². The van der Waals surface area contributed by atoms with Crippen molar-refractivity contribution in [3.63, 3.8) is 0 Å². The minimum absolute atomic E-state index is 0.123. The molecule has 1 N–H and O–H groups in total. The number of carbonyl (C=O) groups is 2. The van der Waals surface area contributed by atoms with Gasteiger partial charge in [-0.1, -0.05) is 37.8 Å². The smallest absolute Gasteiger partial charge is 0.328 e. The molecule has 0 spiro atoms. The van der Waals surface area contributed by atoms with E-state index in [1.165, 1.54) is 7.11 Å². The summed E-state index contributed by atoms with van der Waals surface area (Å²) in [6, 6.07) is 6.70. The van der Waals surface area contributed by atoms with Crippen LogP contribution in [0.25, 0.3) is 0 Å². The first-order chi connectivity index (χ1) is 12.1. The van der Waals surface area contributed by atoms with Gasteiger partial charge in [-0.05, 0) is 31.0 Å². The van der Waals surface area contributed by atoms with Crippen LogP contribution in [-0.2, 0) is 20.7 Å². The number of benzene rings is 1. The fourth-order valence-corrected chi connectivity index (χ4v) is 2.29. The molecule has 25 heavy (non-hydrogen) atoms. The summed E-state index contributed by atoms with van der Waals surface area (Å²) >= 11 is 0. The molecule has 0 saturated carbocycles. The van der Waals surface area contributed by atoms with E-state index in [1.54, 1.807) is 6.92 Å². The van der Waals surface area contributed by atoms with Crippen LogP contribution < -0.4 is 10.1 Å². The van der Waals surface area contributed by atoms with E-state index in [-0.39, 0.29) is 5.91 Å². The number of methoxy groups -OCH3 is 1. The molecule has 0 heterocycles. The summed E-state index contributed by atoms with van der Waals surface area (Å²) in [5, 5.41) is 2.77. The molecule has 5 heteroatoms. The van der Waals surface area contributed by atoms with Gasteiger partial charge in [-0.15, -0.1) is 5.92 Å². The summed E-state index contributed by atoms with van der Waals surface area (Å²) < 4.78 is 10.3. The van der Waals surface area contributed by atoms with Crippen molar-refractivity contribution in [2.45, 2.75) is 52.0 Å². The van der Waals surface area contributed by atoms with Crippen LogP contribution in [0.15, 0.2) is 24.3 Å². The topological polar surface area (TPSA) is 64.6 Å². The number of carbonyl (C=O) groups excluding carboxylic acids is 2. The Bertz CT molecular complexity index is 598. The molecule has 1 rings (SSSR count). The first-order valence-corrected chi connectivity index (χ1v) is 8.59. The van der Waals surface area contributed by atoms with Crippen molar-refractivity contribution >= 4 is 11.9 Å². The van der Waals surface area contributed by atoms with Crippen molar-refractivity contribution in [2.24, 2.45) is 0 Å². The first-order valence-electron chi connectivity index (χ1n) is 8.59. The predicted molar refractivity (Wildman–Crippen MR) is 97.2 cm³/mol. The largest absolute Gasteiger partial charge is 0.481 e. The highest BCUT2D eigenvalue weighted by Crippen LogP contribution is 2.14. The second kappa shape index (κ2) is 12.0. The quantitative estimate of drug-likeness (QED) is 0.402. The lowest BCUT2D eigenvalue weighted by atomic mass is 10.1. The van der Waals surface area contributed by atoms with Crippen molar-refractivity contribution in [1.29, 1.82) is 0 Å². The van der Waals surface area contributed by atoms with E-state index in [0.29, 0.717) is 25.2 Å². The number of ether oxygens (including phenoxy) is 2. The Morgan fingerprint density at radius 3 is 2.52 bits per heavy atom. The molecule has 1 aromatic rings. The van der Waals surface area contributed by atoms with E-state index in [0.717, 1.165) is 24.8 Å². The minimum atomic E-state index is -0.683. The molecular weight excluding hydrogens is 318 g/mol. The second-order valence-electron chi connectivity index (χ2n) is 5.66. The van der Waals surface area contributed by atoms with E-state index in [4.69, 9.17) is 9.47 Å². The van der Waals surface area contributed by atoms with E-state index < -0.39 is 12.0 Å². The van der Waals surface area contributed by atoms with Crippen LogP contribution in [0.4, 0.5) is 0 Å². The summed E-state index contributed by atoms with van der Waals surface area (Å²) in [5.41, 5.74) is 0.915. The SMILES string of the molecule is CC#CCOc1ccc(C[C@H](NC(=O)CCCCC)C(=O)OC)cc1. The highest BCUT2D eigenvalue weighted by atomic mass is 16.5. The second-order valence-corrected chi connectivity index (χ2v) is 5.66. The Kier molecular flexibility index (Phi) is 9.84. The monoisotopic (exact) mass is 345 g/mol. The molecule has 0 bridgehead atoms. The van der Waals surface area contributed by atoms with Gasteiger partial charge < -0.3 is 14.8 Å². The van der Waals surface area contributed by atoms with Crippen LogP contribution in [0.5, 0.6) is 5.75 Å². The third-order valence-electron chi connectivity index (χ3n) is 3.68. The van der Waals surface area contributed by atoms with Crippen molar-refractivity contribution in [2.75, 3.05) is 13.7 Å². The Labute approximate surface area is 150 Å². The molecular formula is C20H27NO4. The molecule has 0 radical (unpaired) electrons. The van der Waals surface area contributed by atoms with E-state index >= 15 is 0 Å². The molecule has 5 nitrogen and oxygen atoms in total. The molecule has 0 unspecified atom stereocenters. The van der Waals surface area contributed by atoms with Crippen molar-refractivity contribution in [3.05, 3.63) is 29.8 Å². The van der Waals surface area contributed by atoms with Gasteiger partial charge >= 0.3 is 5.97 Å². The first kappa shape index (κ1) is 20.6. The van der Waals surface area contributed by atoms with Crippen molar-refractivity contribution in [3.8, 4) is 17.6 Å². The summed E-state index contributed by atoms with van der Waals surface area (Å²) in [5.74, 6) is 5.74. The van der Waals surface area contributed by atoms with Gasteiger partial charge in [0.05, 0.1) is 7.11 Å². The molecule has 0 saturated heterocycles. The highest BCUT2D eigenvalue weighted by Gasteiger charge is 2.21. The Morgan fingerprint density at radius 2 is 1.92 bits per heavy atom. The highest BCUT2D eigenvalue weighted by molar-refractivity contribution is 5.84. The van der Waals surface area contributed by atoms with Gasteiger partial charge in [0.2, 0.25) is 5.91 Å². The molecule has 136 valence electrons. The summed E-state index contributed by atoms with van der Waals surface area (Å²) in [4.78, 5) is 23.9. The number of esters is 1. The normalized spacial score (nSPS) is 11.0. The third-order valence-corrected chi connectivity index (χ3v) is 3.68. The summed E-state index contributed by atoms with van der Waals surface area (Å²) in [7, 11) is 1.32. The molecule has 1 aromatic carbocycles. The van der Waals surface area contributed by atoms with Crippen LogP contribution in [-0.4, -0.2) is 31.6 Å². The molecule has 0 aromatic heterocycles. The number of rotatable bonds is 10. The van der Waals surface area contributed by atoms with Crippen LogP contribution in [0.2, 0.25) is 0 Å². The molecule has 0 aliphatic heterocycles. The van der Waals surface area contributed by atoms with Crippen LogP contribution in [0.1, 0.15) is 45.1 Å². The number of hydrogen-bond donors (Lipinski definition) is 1. The van der Waals surface area contributed by atoms with Crippen molar-refractivity contribution in [1.82, 2.24) is 5.32 Å². The lowest BCUT2D eigenvalue weighted by Crippen LogP contribution is -2.43. The Balaban J connectivity index is 2.63. The van der Waals surface area contributed by atoms with Crippen LogP contribution >= 0.6 is 0 Å². The lowest BCUT2D eigenvalue weighted by molar-refractivity contribution is -0.145. The standard InChI is InChI=1S/C20H27NO4/c1-4-6-8-9-19(22)21-18(20(23)24-3)15-16-10-12-17(13-11-16)25-14-7-5-2/h10-13,18H,4,6,8-9,14-15H2,1-3H3,(H,21,22)/t18-/m0/s1. The summed E-state index contributed by atoms with van der Waals surface area (Å²) in [6.45, 7) is 4.18. The van der Waals surface area contributed by atoms with Gasteiger partial charge in [-0.3, -0.25) is 4.79 Å². The Morgan fingerprint density at radius 1 is 1.20 bits per heavy atom. The van der Waals surface area contributed by atoms with Gasteiger partial charge in [0, 0.05) is 12.8 Å². The van der Waals surface area contributed by atoms with Gasteiger partial charge in [0.25, 0.3) is 0 Å². The number of unbranched alkanes of at least 4 members (excludes halogenated alkanes) is 2. The maximum absolute atomic E-state index is 12.0. The predicted octanol–water partition coefficient (Wildman–Crippen LogP) is 2.87. The van der Waals surface area contributed by atoms with E-state index in [1.807, 2.05) is 24.3 Å². The Hall–Kier alpha value is -2.48. The molecule has 0 aliphatic rings. The molecule has 1 amide bonds. The van der Waals surface area contributed by atoms with E-state index in [2.05, 4.69) is 24.1 Å². The average Bonchev–Trinajstić information content (AvgIpc) is 2.62. The zero-order chi connectivity index (χ0) is 18.5. The fourth-order valence-electron chi connectivity index (χ4n) is 2.29. The summed E-state index contributed by atoms with van der Waals surface area (Å²) in [6.07, 6.45) is 3.67. The van der Waals surface area contributed by atoms with E-state index in [9.17, 15) is 9.59 Å². The number of nitrogens with one attached hydrogen (secondary N) is 1. The fraction of sp³-hybridized carbons (Fsp3) is 0.500. The molecule has 0 aliphatic carbocycles. The molecule has 0 fully saturated rings. The third kappa shape index (κ3) is 8.25. The average molecular weight is 345 g/mol. The minimum Gasteiger partial charge on any atom is -0.481 e. The maximum atomic E-state index is 12.0. The van der Waals surface area contributed by atoms with Crippen molar-refractivity contribution < 1.29 is 19.1 Å². The molecule has 1 atom stereocenters. The van der Waals surface area contributed by atoms with Gasteiger partial charge in [0.15, 0.2) is 0 Å². The zero-order valence-electron chi connectivity index (χ0n) is 15.3. The van der Waals surface area contributed by atoms with Gasteiger partial charge in [-0.2, -0.15) is 0 Å². The van der Waals surface area contributed by atoms with Gasteiger partial charge in [0.1, 0.15) is 18.4 Å². The number of amides is 1. The zero-order valence-corrected chi connectivity index (χ0v) is 15.3. The number of hydrogen-bond acceptors (Lipinski definition) is 4. The van der Waals surface area contributed by atoms with Gasteiger partial charge in [-0.25, -0.2) is 4.79 Å². The van der Waals surface area contributed by atoms with Crippen LogP contribution in [0, 0.1) is 11.8 Å². The maximum Gasteiger partial charge on any atom is 0.328 e.